The number of carbonyl (C=O) groups is 1. The molecule has 0 aromatic heterocycles. The van der Waals surface area contributed by atoms with E-state index in [9.17, 15) is 4.79 Å². The van der Waals surface area contributed by atoms with Gasteiger partial charge in [0.05, 0.1) is 12.2 Å². The van der Waals surface area contributed by atoms with Crippen molar-refractivity contribution in [2.45, 2.75) is 19.9 Å². The fraction of sp³-hybridized carbons (Fsp3) is 0.417. The summed E-state index contributed by atoms with van der Waals surface area (Å²) in [6.07, 6.45) is 0. The molecule has 16 heavy (non-hydrogen) atoms. The molecule has 1 unspecified atom stereocenters. The normalized spacial score (nSPS) is 16.2. The van der Waals surface area contributed by atoms with Crippen molar-refractivity contribution < 1.29 is 14.6 Å². The van der Waals surface area contributed by atoms with Crippen molar-refractivity contribution >= 4 is 11.7 Å². The van der Waals surface area contributed by atoms with Crippen LogP contribution in [0.1, 0.15) is 12.5 Å². The van der Waals surface area contributed by atoms with Gasteiger partial charge >= 0.3 is 5.97 Å². The molecule has 86 valence electrons. The number of nitrogens with zero attached hydrogens (tertiary/aromatic N) is 1. The Morgan fingerprint density at radius 1 is 1.56 bits per heavy atom. The van der Waals surface area contributed by atoms with E-state index in [1.165, 1.54) is 0 Å². The van der Waals surface area contributed by atoms with E-state index in [-0.39, 0.29) is 0 Å². The number of carboxylic acid groups (broad SMARTS) is 1. The van der Waals surface area contributed by atoms with E-state index in [0.29, 0.717) is 13.2 Å². The van der Waals surface area contributed by atoms with Crippen LogP contribution in [0.5, 0.6) is 5.75 Å². The SMILES string of the molecule is Cc1ccc2c(c1)OCCN2C(C)C(=O)O. The Bertz CT molecular complexity index is 417. The highest BCUT2D eigenvalue weighted by atomic mass is 16.5. The fourth-order valence-corrected chi connectivity index (χ4v) is 1.88. The number of hydrogen-bond donors (Lipinski definition) is 1. The third-order valence-electron chi connectivity index (χ3n) is 2.84. The van der Waals surface area contributed by atoms with Crippen LogP contribution in [-0.4, -0.2) is 30.3 Å². The first kappa shape index (κ1) is 10.8. The largest absolute Gasteiger partial charge is 0.490 e. The Morgan fingerprint density at radius 2 is 2.31 bits per heavy atom. The summed E-state index contributed by atoms with van der Waals surface area (Å²) in [5.74, 6) is -0.0345. The van der Waals surface area contributed by atoms with Crippen LogP contribution >= 0.6 is 0 Å². The highest BCUT2D eigenvalue weighted by molar-refractivity contribution is 5.79. The van der Waals surface area contributed by atoms with Crippen molar-refractivity contribution in [3.63, 3.8) is 0 Å². The summed E-state index contributed by atoms with van der Waals surface area (Å²) in [5.41, 5.74) is 1.98. The summed E-state index contributed by atoms with van der Waals surface area (Å²) in [5, 5.41) is 9.03. The van der Waals surface area contributed by atoms with Gasteiger partial charge in [0.15, 0.2) is 0 Å². The number of ether oxygens (including phenoxy) is 1. The predicted molar refractivity (Wildman–Crippen MR) is 61.1 cm³/mol. The molecule has 0 aliphatic carbocycles. The summed E-state index contributed by atoms with van der Waals surface area (Å²) < 4.78 is 5.53. The Balaban J connectivity index is 2.36. The van der Waals surface area contributed by atoms with Gasteiger partial charge in [-0.1, -0.05) is 6.07 Å². The van der Waals surface area contributed by atoms with Crippen LogP contribution in [0.15, 0.2) is 18.2 Å². The lowest BCUT2D eigenvalue weighted by Crippen LogP contribution is -2.43. The number of aryl methyl sites for hydroxylation is 1. The number of carboxylic acids is 1. The van der Waals surface area contributed by atoms with E-state index in [4.69, 9.17) is 9.84 Å². The number of anilines is 1. The summed E-state index contributed by atoms with van der Waals surface area (Å²) >= 11 is 0. The molecule has 1 aromatic rings. The first-order valence-electron chi connectivity index (χ1n) is 5.32. The zero-order chi connectivity index (χ0) is 11.7. The Morgan fingerprint density at radius 3 is 3.00 bits per heavy atom. The maximum Gasteiger partial charge on any atom is 0.326 e. The van der Waals surface area contributed by atoms with Crippen molar-refractivity contribution in [2.24, 2.45) is 0 Å². The molecule has 0 fully saturated rings. The van der Waals surface area contributed by atoms with Crippen LogP contribution in [0.4, 0.5) is 5.69 Å². The van der Waals surface area contributed by atoms with Gasteiger partial charge in [0.2, 0.25) is 0 Å². The monoisotopic (exact) mass is 221 g/mol. The smallest absolute Gasteiger partial charge is 0.326 e. The van der Waals surface area contributed by atoms with Gasteiger partial charge in [0.25, 0.3) is 0 Å². The van der Waals surface area contributed by atoms with Crippen molar-refractivity contribution in [3.05, 3.63) is 23.8 Å². The first-order chi connectivity index (χ1) is 7.59. The number of aliphatic carboxylic acids is 1. The standard InChI is InChI=1S/C12H15NO3/c1-8-3-4-10-11(7-8)16-6-5-13(10)9(2)12(14)15/h3-4,7,9H,5-6H2,1-2H3,(H,14,15). The van der Waals surface area contributed by atoms with Gasteiger partial charge in [-0.25, -0.2) is 4.79 Å². The van der Waals surface area contributed by atoms with Gasteiger partial charge in [-0.05, 0) is 31.5 Å². The van der Waals surface area contributed by atoms with Gasteiger partial charge in [0.1, 0.15) is 18.4 Å². The van der Waals surface area contributed by atoms with Gasteiger partial charge in [-0.2, -0.15) is 0 Å². The zero-order valence-electron chi connectivity index (χ0n) is 9.43. The van der Waals surface area contributed by atoms with Crippen LogP contribution in [0.3, 0.4) is 0 Å². The number of fused-ring (bicyclic) bond motifs is 1. The topological polar surface area (TPSA) is 49.8 Å². The van der Waals surface area contributed by atoms with Crippen LogP contribution in [-0.2, 0) is 4.79 Å². The van der Waals surface area contributed by atoms with Crippen LogP contribution in [0.2, 0.25) is 0 Å². The molecule has 0 amide bonds. The second kappa shape index (κ2) is 4.04. The Labute approximate surface area is 94.4 Å². The molecule has 1 atom stereocenters. The molecule has 4 heteroatoms. The van der Waals surface area contributed by atoms with Crippen LogP contribution in [0, 0.1) is 6.92 Å². The van der Waals surface area contributed by atoms with Crippen LogP contribution < -0.4 is 9.64 Å². The molecule has 0 saturated heterocycles. The average Bonchev–Trinajstić information content (AvgIpc) is 2.26. The third-order valence-corrected chi connectivity index (χ3v) is 2.84. The lowest BCUT2D eigenvalue weighted by atomic mass is 10.1. The molecule has 0 saturated carbocycles. The Kier molecular flexibility index (Phi) is 2.73. The van der Waals surface area contributed by atoms with Crippen LogP contribution in [0.25, 0.3) is 0 Å². The lowest BCUT2D eigenvalue weighted by molar-refractivity contribution is -0.138. The van der Waals surface area contributed by atoms with E-state index in [0.717, 1.165) is 17.0 Å². The summed E-state index contributed by atoms with van der Waals surface area (Å²) in [4.78, 5) is 12.9. The molecule has 0 spiro atoms. The predicted octanol–water partition coefficient (Wildman–Crippen LogP) is 1.67. The molecule has 0 bridgehead atoms. The second-order valence-electron chi connectivity index (χ2n) is 4.03. The maximum absolute atomic E-state index is 11.0. The molecule has 4 nitrogen and oxygen atoms in total. The Hall–Kier alpha value is -1.71. The van der Waals surface area contributed by atoms with Crippen molar-refractivity contribution in [2.75, 3.05) is 18.1 Å². The minimum Gasteiger partial charge on any atom is -0.490 e. The molecule has 1 N–H and O–H groups in total. The first-order valence-corrected chi connectivity index (χ1v) is 5.32. The van der Waals surface area contributed by atoms with Gasteiger partial charge < -0.3 is 14.7 Å². The molecule has 1 aromatic carbocycles. The lowest BCUT2D eigenvalue weighted by Gasteiger charge is -2.34. The molecular formula is C12H15NO3. The zero-order valence-corrected chi connectivity index (χ0v) is 9.43. The molecule has 1 aliphatic heterocycles. The quantitative estimate of drug-likeness (QED) is 0.825. The highest BCUT2D eigenvalue weighted by Crippen LogP contribution is 2.33. The highest BCUT2D eigenvalue weighted by Gasteiger charge is 2.26. The molecule has 2 rings (SSSR count). The minimum atomic E-state index is -0.812. The summed E-state index contributed by atoms with van der Waals surface area (Å²) in [6, 6.07) is 5.30. The van der Waals surface area contributed by atoms with Gasteiger partial charge in [-0.15, -0.1) is 0 Å². The van der Waals surface area contributed by atoms with E-state index >= 15 is 0 Å². The molecular weight excluding hydrogens is 206 g/mol. The van der Waals surface area contributed by atoms with E-state index in [1.54, 1.807) is 6.92 Å². The second-order valence-corrected chi connectivity index (χ2v) is 4.03. The minimum absolute atomic E-state index is 0.523. The number of hydrogen-bond acceptors (Lipinski definition) is 3. The van der Waals surface area contributed by atoms with E-state index < -0.39 is 12.0 Å². The summed E-state index contributed by atoms with van der Waals surface area (Å²) in [6.45, 7) is 4.83. The summed E-state index contributed by atoms with van der Waals surface area (Å²) in [7, 11) is 0. The molecule has 1 heterocycles. The molecule has 1 aliphatic rings. The van der Waals surface area contributed by atoms with E-state index in [1.807, 2.05) is 30.0 Å². The number of rotatable bonds is 2. The van der Waals surface area contributed by atoms with Crippen molar-refractivity contribution in [1.82, 2.24) is 0 Å². The van der Waals surface area contributed by atoms with Crippen molar-refractivity contribution in [1.29, 1.82) is 0 Å². The van der Waals surface area contributed by atoms with Crippen molar-refractivity contribution in [3.8, 4) is 5.75 Å². The third kappa shape index (κ3) is 1.83. The average molecular weight is 221 g/mol. The molecule has 0 radical (unpaired) electrons. The number of benzene rings is 1. The maximum atomic E-state index is 11.0. The fourth-order valence-electron chi connectivity index (χ4n) is 1.88. The van der Waals surface area contributed by atoms with E-state index in [2.05, 4.69) is 0 Å². The van der Waals surface area contributed by atoms with Gasteiger partial charge in [0, 0.05) is 0 Å². The van der Waals surface area contributed by atoms with Gasteiger partial charge in [-0.3, -0.25) is 0 Å².